The third-order valence-corrected chi connectivity index (χ3v) is 3.20. The molecule has 0 saturated heterocycles. The highest BCUT2D eigenvalue weighted by Crippen LogP contribution is 2.02. The first-order chi connectivity index (χ1) is 11.8. The number of carbonyl (C=O) groups is 4. The van der Waals surface area contributed by atoms with Gasteiger partial charge in [0.2, 0.25) is 5.91 Å². The molecule has 0 spiro atoms. The fraction of sp³-hybridized carbons (Fsp3) is 0.375. The van der Waals surface area contributed by atoms with Gasteiger partial charge in [0.05, 0.1) is 0 Å². The lowest BCUT2D eigenvalue weighted by Gasteiger charge is -2.18. The molecule has 0 radical (unpaired) electrons. The normalized spacial score (nSPS) is 12.5. The number of aliphatic carboxylic acids is 2. The van der Waals surface area contributed by atoms with E-state index in [1.807, 2.05) is 6.07 Å². The van der Waals surface area contributed by atoms with Crippen LogP contribution in [0.15, 0.2) is 30.3 Å². The second-order valence-electron chi connectivity index (χ2n) is 5.26. The largest absolute Gasteiger partial charge is 0.481 e. The van der Waals surface area contributed by atoms with Crippen molar-refractivity contribution in [2.45, 2.75) is 38.5 Å². The molecule has 2 amide bonds. The Hall–Kier alpha value is -3.10. The van der Waals surface area contributed by atoms with Gasteiger partial charge in [0.1, 0.15) is 18.7 Å². The van der Waals surface area contributed by atoms with E-state index in [2.05, 4.69) is 10.6 Å². The molecule has 0 heterocycles. The molecule has 0 unspecified atom stereocenters. The summed E-state index contributed by atoms with van der Waals surface area (Å²) in [4.78, 5) is 45.1. The van der Waals surface area contributed by atoms with Gasteiger partial charge in [-0.05, 0) is 18.9 Å². The number of ether oxygens (including phenoxy) is 1. The van der Waals surface area contributed by atoms with E-state index in [0.717, 1.165) is 5.56 Å². The third kappa shape index (κ3) is 7.82. The molecule has 136 valence electrons. The van der Waals surface area contributed by atoms with E-state index < -0.39 is 42.4 Å². The van der Waals surface area contributed by atoms with E-state index >= 15 is 0 Å². The fourth-order valence-corrected chi connectivity index (χ4v) is 1.83. The second kappa shape index (κ2) is 9.91. The van der Waals surface area contributed by atoms with Gasteiger partial charge in [-0.25, -0.2) is 9.59 Å². The van der Waals surface area contributed by atoms with Crippen LogP contribution in [0, 0.1) is 0 Å². The molecule has 0 fully saturated rings. The Morgan fingerprint density at radius 3 is 2.28 bits per heavy atom. The van der Waals surface area contributed by atoms with Crippen LogP contribution in [0.4, 0.5) is 4.79 Å². The topological polar surface area (TPSA) is 142 Å². The Balaban J connectivity index is 2.44. The summed E-state index contributed by atoms with van der Waals surface area (Å²) in [7, 11) is 0. The number of hydrogen-bond donors (Lipinski definition) is 4. The maximum atomic E-state index is 11.9. The van der Waals surface area contributed by atoms with E-state index in [0.29, 0.717) is 0 Å². The molecule has 0 saturated carbocycles. The first-order valence-corrected chi connectivity index (χ1v) is 7.51. The smallest absolute Gasteiger partial charge is 0.408 e. The zero-order valence-corrected chi connectivity index (χ0v) is 13.6. The Morgan fingerprint density at radius 1 is 1.08 bits per heavy atom. The third-order valence-electron chi connectivity index (χ3n) is 3.20. The lowest BCUT2D eigenvalue weighted by molar-refractivity contribution is -0.143. The summed E-state index contributed by atoms with van der Waals surface area (Å²) in [6.45, 7) is 1.38. The zero-order chi connectivity index (χ0) is 18.8. The van der Waals surface area contributed by atoms with Crippen molar-refractivity contribution in [3.8, 4) is 0 Å². The van der Waals surface area contributed by atoms with Crippen molar-refractivity contribution < 1.29 is 34.1 Å². The quantitative estimate of drug-likeness (QED) is 0.513. The predicted molar refractivity (Wildman–Crippen MR) is 85.7 cm³/mol. The SMILES string of the molecule is C[C@@H](NC(=O)OCc1ccccc1)C(=O)N[C@@H](CCC(=O)O)C(=O)O. The molecule has 0 aliphatic rings. The van der Waals surface area contributed by atoms with Gasteiger partial charge in [-0.15, -0.1) is 0 Å². The zero-order valence-electron chi connectivity index (χ0n) is 13.6. The minimum absolute atomic E-state index is 0.0252. The molecular weight excluding hydrogens is 332 g/mol. The van der Waals surface area contributed by atoms with E-state index in [1.54, 1.807) is 24.3 Å². The minimum Gasteiger partial charge on any atom is -0.481 e. The molecule has 9 nitrogen and oxygen atoms in total. The number of hydrogen-bond acceptors (Lipinski definition) is 5. The number of carboxylic acid groups (broad SMARTS) is 2. The number of nitrogens with one attached hydrogen (secondary N) is 2. The van der Waals surface area contributed by atoms with Gasteiger partial charge in [-0.1, -0.05) is 30.3 Å². The van der Waals surface area contributed by atoms with Crippen LogP contribution < -0.4 is 10.6 Å². The molecule has 0 aliphatic heterocycles. The summed E-state index contributed by atoms with van der Waals surface area (Å²) in [6.07, 6.45) is -1.50. The van der Waals surface area contributed by atoms with Crippen LogP contribution in [0.1, 0.15) is 25.3 Å². The number of amides is 2. The number of carbonyl (C=O) groups excluding carboxylic acids is 2. The maximum absolute atomic E-state index is 11.9. The maximum Gasteiger partial charge on any atom is 0.408 e. The van der Waals surface area contributed by atoms with E-state index in [4.69, 9.17) is 14.9 Å². The molecule has 9 heteroatoms. The molecule has 1 rings (SSSR count). The van der Waals surface area contributed by atoms with Crippen molar-refractivity contribution in [2.24, 2.45) is 0 Å². The van der Waals surface area contributed by atoms with Gasteiger partial charge in [-0.3, -0.25) is 9.59 Å². The monoisotopic (exact) mass is 352 g/mol. The highest BCUT2D eigenvalue weighted by molar-refractivity contribution is 5.89. The highest BCUT2D eigenvalue weighted by Gasteiger charge is 2.24. The van der Waals surface area contributed by atoms with Crippen LogP contribution in [0.2, 0.25) is 0 Å². The first-order valence-electron chi connectivity index (χ1n) is 7.51. The van der Waals surface area contributed by atoms with Crippen molar-refractivity contribution >= 4 is 23.9 Å². The van der Waals surface area contributed by atoms with Crippen molar-refractivity contribution in [2.75, 3.05) is 0 Å². The molecule has 25 heavy (non-hydrogen) atoms. The standard InChI is InChI=1S/C16H20N2O7/c1-10(14(21)18-12(15(22)23)7-8-13(19)20)17-16(24)25-9-11-5-3-2-4-6-11/h2-6,10,12H,7-9H2,1H3,(H,17,24)(H,18,21)(H,19,20)(H,22,23)/t10-,12+/m1/s1. The van der Waals surface area contributed by atoms with E-state index in [-0.39, 0.29) is 13.0 Å². The van der Waals surface area contributed by atoms with Crippen molar-refractivity contribution in [3.63, 3.8) is 0 Å². The van der Waals surface area contributed by atoms with Gasteiger partial charge in [0.25, 0.3) is 0 Å². The summed E-state index contributed by atoms with van der Waals surface area (Å²) in [5.74, 6) is -3.28. The molecular formula is C16H20N2O7. The van der Waals surface area contributed by atoms with E-state index in [9.17, 15) is 19.2 Å². The first kappa shape index (κ1) is 19.9. The predicted octanol–water partition coefficient (Wildman–Crippen LogP) is 0.735. The van der Waals surface area contributed by atoms with Crippen molar-refractivity contribution in [3.05, 3.63) is 35.9 Å². The van der Waals surface area contributed by atoms with Crippen LogP contribution in [-0.4, -0.2) is 46.2 Å². The number of carboxylic acids is 2. The molecule has 1 aromatic rings. The summed E-state index contributed by atoms with van der Waals surface area (Å²) in [6, 6.07) is 6.53. The van der Waals surface area contributed by atoms with Gasteiger partial charge in [-0.2, -0.15) is 0 Å². The molecule has 2 atom stereocenters. The summed E-state index contributed by atoms with van der Waals surface area (Å²) >= 11 is 0. The minimum atomic E-state index is -1.35. The van der Waals surface area contributed by atoms with Crippen LogP contribution in [0.5, 0.6) is 0 Å². The molecule has 0 aliphatic carbocycles. The molecule has 1 aromatic carbocycles. The van der Waals surface area contributed by atoms with Gasteiger partial charge in [0, 0.05) is 6.42 Å². The van der Waals surface area contributed by atoms with Crippen molar-refractivity contribution in [1.29, 1.82) is 0 Å². The summed E-state index contributed by atoms with van der Waals surface area (Å²) < 4.78 is 4.96. The average Bonchev–Trinajstić information content (AvgIpc) is 2.56. The van der Waals surface area contributed by atoms with Crippen LogP contribution in [0.25, 0.3) is 0 Å². The number of benzene rings is 1. The summed E-state index contributed by atoms with van der Waals surface area (Å²) in [5.41, 5.74) is 0.773. The molecule has 0 bridgehead atoms. The summed E-state index contributed by atoms with van der Waals surface area (Å²) in [5, 5.41) is 22.0. The average molecular weight is 352 g/mol. The second-order valence-corrected chi connectivity index (χ2v) is 5.26. The molecule has 4 N–H and O–H groups in total. The van der Waals surface area contributed by atoms with Crippen LogP contribution in [-0.2, 0) is 25.7 Å². The van der Waals surface area contributed by atoms with Crippen LogP contribution in [0.3, 0.4) is 0 Å². The fourth-order valence-electron chi connectivity index (χ4n) is 1.83. The van der Waals surface area contributed by atoms with Gasteiger partial charge < -0.3 is 25.6 Å². The Kier molecular flexibility index (Phi) is 7.91. The Morgan fingerprint density at radius 2 is 1.72 bits per heavy atom. The Labute approximate surface area is 144 Å². The van der Waals surface area contributed by atoms with Crippen LogP contribution >= 0.6 is 0 Å². The Bertz CT molecular complexity index is 618. The van der Waals surface area contributed by atoms with Gasteiger partial charge in [0.15, 0.2) is 0 Å². The van der Waals surface area contributed by atoms with Gasteiger partial charge >= 0.3 is 18.0 Å². The highest BCUT2D eigenvalue weighted by atomic mass is 16.5. The lowest BCUT2D eigenvalue weighted by atomic mass is 10.1. The van der Waals surface area contributed by atoms with E-state index in [1.165, 1.54) is 6.92 Å². The number of alkyl carbamates (subject to hydrolysis) is 1. The lowest BCUT2D eigenvalue weighted by Crippen LogP contribution is -2.50. The molecule has 0 aromatic heterocycles. The number of rotatable bonds is 9. The van der Waals surface area contributed by atoms with Crippen molar-refractivity contribution in [1.82, 2.24) is 10.6 Å².